The third kappa shape index (κ3) is 3.06. The van der Waals surface area contributed by atoms with Crippen LogP contribution in [0.4, 0.5) is 0 Å². The second-order valence-electron chi connectivity index (χ2n) is 3.74. The second-order valence-corrected chi connectivity index (χ2v) is 3.74. The van der Waals surface area contributed by atoms with Crippen molar-refractivity contribution < 1.29 is 14.7 Å². The van der Waals surface area contributed by atoms with Crippen LogP contribution < -0.4 is 0 Å². The summed E-state index contributed by atoms with van der Waals surface area (Å²) in [6, 6.07) is -0.108. The number of rotatable bonds is 4. The molecule has 0 aliphatic carbocycles. The highest BCUT2D eigenvalue weighted by Crippen LogP contribution is 2.12. The molecular formula is C10H16N2O3. The Hall–Kier alpha value is -1.36. The molecule has 0 bridgehead atoms. The lowest BCUT2D eigenvalue weighted by Crippen LogP contribution is -2.55. The van der Waals surface area contributed by atoms with Gasteiger partial charge in [-0.05, 0) is 0 Å². The number of amides is 1. The summed E-state index contributed by atoms with van der Waals surface area (Å²) in [7, 11) is 1.70. The lowest BCUT2D eigenvalue weighted by atomic mass is 10.1. The van der Waals surface area contributed by atoms with E-state index in [0.29, 0.717) is 13.1 Å². The average Bonchev–Trinajstić information content (AvgIpc) is 2.13. The predicted octanol–water partition coefficient (Wildman–Crippen LogP) is -0.210. The number of hydrogen-bond acceptors (Lipinski definition) is 3. The maximum absolute atomic E-state index is 11.4. The molecule has 0 radical (unpaired) electrons. The molecule has 1 aliphatic rings. The first-order chi connectivity index (χ1) is 7.04. The average molecular weight is 212 g/mol. The smallest absolute Gasteiger partial charge is 0.305 e. The van der Waals surface area contributed by atoms with Crippen LogP contribution in [0.1, 0.15) is 6.42 Å². The van der Waals surface area contributed by atoms with Gasteiger partial charge in [0.1, 0.15) is 0 Å². The fourth-order valence-corrected chi connectivity index (χ4v) is 1.73. The van der Waals surface area contributed by atoms with Gasteiger partial charge in [-0.15, -0.1) is 6.58 Å². The van der Waals surface area contributed by atoms with E-state index in [1.165, 1.54) is 0 Å². The van der Waals surface area contributed by atoms with Crippen LogP contribution in [0.3, 0.4) is 0 Å². The third-order valence-electron chi connectivity index (χ3n) is 2.54. The second kappa shape index (κ2) is 4.93. The van der Waals surface area contributed by atoms with Crippen molar-refractivity contribution in [3.63, 3.8) is 0 Å². The molecule has 1 aliphatic heterocycles. The van der Waals surface area contributed by atoms with Gasteiger partial charge in [0.05, 0.1) is 13.0 Å². The summed E-state index contributed by atoms with van der Waals surface area (Å²) in [5.74, 6) is -0.810. The zero-order valence-electron chi connectivity index (χ0n) is 8.85. The molecule has 1 N–H and O–H groups in total. The van der Waals surface area contributed by atoms with Gasteiger partial charge in [-0.3, -0.25) is 14.5 Å². The minimum absolute atomic E-state index is 0.0264. The van der Waals surface area contributed by atoms with E-state index in [4.69, 9.17) is 5.11 Å². The van der Waals surface area contributed by atoms with Gasteiger partial charge in [-0.2, -0.15) is 0 Å². The molecule has 84 valence electrons. The standard InChI is InChI=1S/C10H16N2O3/c1-3-4-12-7-9(13)11(2)6-8(12)5-10(14)15/h3,8H,1,4-7H2,2H3,(H,14,15). The van der Waals surface area contributed by atoms with Crippen molar-refractivity contribution in [3.05, 3.63) is 12.7 Å². The number of carboxylic acid groups (broad SMARTS) is 1. The Morgan fingerprint density at radius 1 is 1.73 bits per heavy atom. The highest BCUT2D eigenvalue weighted by atomic mass is 16.4. The normalized spacial score (nSPS) is 22.9. The zero-order valence-corrected chi connectivity index (χ0v) is 8.85. The number of aliphatic carboxylic acids is 1. The highest BCUT2D eigenvalue weighted by Gasteiger charge is 2.30. The van der Waals surface area contributed by atoms with Crippen LogP contribution in [0.5, 0.6) is 0 Å². The van der Waals surface area contributed by atoms with Crippen molar-refractivity contribution in [2.24, 2.45) is 0 Å². The molecule has 1 unspecified atom stereocenters. The van der Waals surface area contributed by atoms with E-state index in [1.807, 2.05) is 4.90 Å². The van der Waals surface area contributed by atoms with E-state index in [2.05, 4.69) is 6.58 Å². The molecule has 5 nitrogen and oxygen atoms in total. The van der Waals surface area contributed by atoms with E-state index in [9.17, 15) is 9.59 Å². The zero-order chi connectivity index (χ0) is 11.4. The summed E-state index contributed by atoms with van der Waals surface area (Å²) >= 11 is 0. The van der Waals surface area contributed by atoms with Gasteiger partial charge in [0.15, 0.2) is 0 Å². The lowest BCUT2D eigenvalue weighted by molar-refractivity contribution is -0.143. The monoisotopic (exact) mass is 212 g/mol. The Kier molecular flexibility index (Phi) is 3.85. The molecule has 0 spiro atoms. The fourth-order valence-electron chi connectivity index (χ4n) is 1.73. The lowest BCUT2D eigenvalue weighted by Gasteiger charge is -2.38. The van der Waals surface area contributed by atoms with Crippen molar-refractivity contribution in [2.75, 3.05) is 26.7 Å². The van der Waals surface area contributed by atoms with Crippen molar-refractivity contribution >= 4 is 11.9 Å². The van der Waals surface area contributed by atoms with Crippen molar-refractivity contribution in [1.29, 1.82) is 0 Å². The molecule has 1 atom stereocenters. The number of piperazine rings is 1. The van der Waals surface area contributed by atoms with Gasteiger partial charge in [-0.25, -0.2) is 0 Å². The maximum Gasteiger partial charge on any atom is 0.305 e. The van der Waals surface area contributed by atoms with Gasteiger partial charge >= 0.3 is 5.97 Å². The molecule has 0 saturated carbocycles. The molecule has 15 heavy (non-hydrogen) atoms. The van der Waals surface area contributed by atoms with E-state index < -0.39 is 5.97 Å². The van der Waals surface area contributed by atoms with Crippen molar-refractivity contribution in [3.8, 4) is 0 Å². The number of carbonyl (C=O) groups is 2. The molecule has 1 amide bonds. The molecule has 1 heterocycles. The van der Waals surface area contributed by atoms with Crippen LogP contribution in [0.2, 0.25) is 0 Å². The van der Waals surface area contributed by atoms with Gasteiger partial charge in [0.25, 0.3) is 0 Å². The third-order valence-corrected chi connectivity index (χ3v) is 2.54. The van der Waals surface area contributed by atoms with Crippen LogP contribution in [0.15, 0.2) is 12.7 Å². The highest BCUT2D eigenvalue weighted by molar-refractivity contribution is 5.79. The van der Waals surface area contributed by atoms with E-state index in [-0.39, 0.29) is 24.9 Å². The largest absolute Gasteiger partial charge is 0.481 e. The van der Waals surface area contributed by atoms with Crippen molar-refractivity contribution in [2.45, 2.75) is 12.5 Å². The summed E-state index contributed by atoms with van der Waals surface area (Å²) in [6.07, 6.45) is 1.75. The summed E-state index contributed by atoms with van der Waals surface area (Å²) in [5, 5.41) is 8.75. The Bertz CT molecular complexity index is 278. The fraction of sp³-hybridized carbons (Fsp3) is 0.600. The molecule has 0 aromatic rings. The number of likely N-dealkylation sites (N-methyl/N-ethyl adjacent to an activating group) is 1. The predicted molar refractivity (Wildman–Crippen MR) is 55.4 cm³/mol. The number of hydrogen-bond donors (Lipinski definition) is 1. The van der Waals surface area contributed by atoms with Gasteiger partial charge in [0.2, 0.25) is 5.91 Å². The van der Waals surface area contributed by atoms with Crippen LogP contribution in [-0.4, -0.2) is 59.5 Å². The van der Waals surface area contributed by atoms with Crippen LogP contribution >= 0.6 is 0 Å². The maximum atomic E-state index is 11.4. The molecule has 1 fully saturated rings. The number of carboxylic acids is 1. The van der Waals surface area contributed by atoms with Crippen LogP contribution in [-0.2, 0) is 9.59 Å². The first-order valence-electron chi connectivity index (χ1n) is 4.85. The summed E-state index contributed by atoms with van der Waals surface area (Å²) in [6.45, 7) is 4.90. The number of carbonyl (C=O) groups excluding carboxylic acids is 1. The van der Waals surface area contributed by atoms with Crippen LogP contribution in [0, 0.1) is 0 Å². The van der Waals surface area contributed by atoms with E-state index in [0.717, 1.165) is 0 Å². The Labute approximate surface area is 89.0 Å². The van der Waals surface area contributed by atoms with Gasteiger partial charge in [-0.1, -0.05) is 6.08 Å². The number of nitrogens with zero attached hydrogens (tertiary/aromatic N) is 2. The first-order valence-corrected chi connectivity index (χ1v) is 4.85. The Morgan fingerprint density at radius 3 is 2.93 bits per heavy atom. The SMILES string of the molecule is C=CCN1CC(=O)N(C)CC1CC(=O)O. The minimum Gasteiger partial charge on any atom is -0.481 e. The Balaban J connectivity index is 2.66. The van der Waals surface area contributed by atoms with Gasteiger partial charge in [0, 0.05) is 26.2 Å². The van der Waals surface area contributed by atoms with E-state index >= 15 is 0 Å². The molecule has 1 saturated heterocycles. The van der Waals surface area contributed by atoms with Crippen LogP contribution in [0.25, 0.3) is 0 Å². The van der Waals surface area contributed by atoms with Gasteiger partial charge < -0.3 is 10.0 Å². The first kappa shape index (κ1) is 11.7. The summed E-state index contributed by atoms with van der Waals surface area (Å²) in [5.41, 5.74) is 0. The summed E-state index contributed by atoms with van der Waals surface area (Å²) < 4.78 is 0. The summed E-state index contributed by atoms with van der Waals surface area (Å²) in [4.78, 5) is 25.5. The quantitative estimate of drug-likeness (QED) is 0.655. The minimum atomic E-state index is -0.836. The molecule has 5 heteroatoms. The van der Waals surface area contributed by atoms with Crippen molar-refractivity contribution in [1.82, 2.24) is 9.80 Å². The topological polar surface area (TPSA) is 60.9 Å². The van der Waals surface area contributed by atoms with E-state index in [1.54, 1.807) is 18.0 Å². The molecule has 1 rings (SSSR count). The molecule has 0 aromatic heterocycles. The molecular weight excluding hydrogens is 196 g/mol. The Morgan fingerprint density at radius 2 is 2.40 bits per heavy atom. The molecule has 0 aromatic carbocycles.